The van der Waals surface area contributed by atoms with Gasteiger partial charge < -0.3 is 4.90 Å². The van der Waals surface area contributed by atoms with E-state index in [-0.39, 0.29) is 10.8 Å². The quantitative estimate of drug-likeness (QED) is 0.918. The van der Waals surface area contributed by atoms with Gasteiger partial charge >= 0.3 is 0 Å². The lowest BCUT2D eigenvalue weighted by Gasteiger charge is -2.31. The minimum atomic E-state index is -3.52. The van der Waals surface area contributed by atoms with E-state index in [1.165, 1.54) is 19.2 Å². The first-order chi connectivity index (χ1) is 9.44. The van der Waals surface area contributed by atoms with Gasteiger partial charge in [0.2, 0.25) is 10.0 Å². The number of benzene rings is 1. The third-order valence-corrected chi connectivity index (χ3v) is 5.02. The van der Waals surface area contributed by atoms with E-state index in [1.807, 2.05) is 0 Å². The van der Waals surface area contributed by atoms with Gasteiger partial charge in [-0.3, -0.25) is 4.79 Å². The van der Waals surface area contributed by atoms with Crippen molar-refractivity contribution < 1.29 is 13.2 Å². The Bertz CT molecular complexity index is 598. The van der Waals surface area contributed by atoms with Crippen molar-refractivity contribution in [3.05, 3.63) is 29.8 Å². The van der Waals surface area contributed by atoms with Crippen molar-refractivity contribution in [3.63, 3.8) is 0 Å². The highest BCUT2D eigenvalue weighted by atomic mass is 32.2. The smallest absolute Gasteiger partial charge is 0.253 e. The number of hydrogen-bond donors (Lipinski definition) is 1. The standard InChI is InChI=1S/C14H20N2O3S/c1-11-5-4-8-16(10-11)14(17)12-6-3-7-13(9-12)20(18,19)15-2/h3,6-7,9,11,15H,4-5,8,10H2,1-2H3. The molecule has 1 aromatic rings. The molecule has 2 rings (SSSR count). The Morgan fingerprint density at radius 3 is 2.80 bits per heavy atom. The molecule has 6 heteroatoms. The molecule has 0 spiro atoms. The lowest BCUT2D eigenvalue weighted by molar-refractivity contribution is 0.0683. The number of carbonyl (C=O) groups excluding carboxylic acids is 1. The molecule has 1 saturated heterocycles. The third kappa shape index (κ3) is 3.19. The van der Waals surface area contributed by atoms with E-state index in [0.29, 0.717) is 11.5 Å². The Morgan fingerprint density at radius 2 is 2.15 bits per heavy atom. The van der Waals surface area contributed by atoms with Crippen LogP contribution in [-0.2, 0) is 10.0 Å². The molecule has 1 N–H and O–H groups in total. The van der Waals surface area contributed by atoms with E-state index in [0.717, 1.165) is 25.9 Å². The fourth-order valence-corrected chi connectivity index (χ4v) is 3.25. The lowest BCUT2D eigenvalue weighted by atomic mass is 9.99. The molecular formula is C14H20N2O3S. The second-order valence-electron chi connectivity index (χ2n) is 5.23. The number of hydrogen-bond acceptors (Lipinski definition) is 3. The summed E-state index contributed by atoms with van der Waals surface area (Å²) in [6.45, 7) is 3.61. The van der Waals surface area contributed by atoms with Crippen LogP contribution in [0.1, 0.15) is 30.1 Å². The molecule has 1 atom stereocenters. The van der Waals surface area contributed by atoms with Gasteiger partial charge in [0.1, 0.15) is 0 Å². The Balaban J connectivity index is 2.25. The molecule has 0 radical (unpaired) electrons. The van der Waals surface area contributed by atoms with E-state index in [1.54, 1.807) is 17.0 Å². The molecule has 1 fully saturated rings. The van der Waals surface area contributed by atoms with Crippen LogP contribution in [0.2, 0.25) is 0 Å². The van der Waals surface area contributed by atoms with Crippen LogP contribution in [0.15, 0.2) is 29.2 Å². The summed E-state index contributed by atoms with van der Waals surface area (Å²) in [5, 5.41) is 0. The number of nitrogens with zero attached hydrogens (tertiary/aromatic N) is 1. The van der Waals surface area contributed by atoms with E-state index in [4.69, 9.17) is 0 Å². The van der Waals surface area contributed by atoms with Crippen LogP contribution in [0.25, 0.3) is 0 Å². The summed E-state index contributed by atoms with van der Waals surface area (Å²) in [5.41, 5.74) is 0.426. The topological polar surface area (TPSA) is 66.5 Å². The van der Waals surface area contributed by atoms with Gasteiger partial charge in [-0.25, -0.2) is 13.1 Å². The average molecular weight is 296 g/mol. The molecule has 1 aliphatic rings. The van der Waals surface area contributed by atoms with Crippen LogP contribution in [0.4, 0.5) is 0 Å². The minimum Gasteiger partial charge on any atom is -0.338 e. The summed E-state index contributed by atoms with van der Waals surface area (Å²) < 4.78 is 25.8. The second kappa shape index (κ2) is 5.93. The van der Waals surface area contributed by atoms with Crippen LogP contribution in [0, 0.1) is 5.92 Å². The number of carbonyl (C=O) groups is 1. The van der Waals surface area contributed by atoms with Crippen molar-refractivity contribution in [2.24, 2.45) is 5.92 Å². The highest BCUT2D eigenvalue weighted by molar-refractivity contribution is 7.89. The number of sulfonamides is 1. The summed E-state index contributed by atoms with van der Waals surface area (Å²) in [6, 6.07) is 6.19. The maximum Gasteiger partial charge on any atom is 0.253 e. The zero-order chi connectivity index (χ0) is 14.8. The largest absolute Gasteiger partial charge is 0.338 e. The van der Waals surface area contributed by atoms with Crippen LogP contribution < -0.4 is 4.72 Å². The molecule has 0 bridgehead atoms. The SMILES string of the molecule is CNS(=O)(=O)c1cccc(C(=O)N2CCCC(C)C2)c1. The van der Waals surface area contributed by atoms with Crippen LogP contribution >= 0.6 is 0 Å². The molecule has 1 heterocycles. The molecule has 1 aromatic carbocycles. The van der Waals surface area contributed by atoms with Crippen molar-refractivity contribution in [1.29, 1.82) is 0 Å². The Labute approximate surface area is 120 Å². The van der Waals surface area contributed by atoms with Gasteiger partial charge in [-0.05, 0) is 44.0 Å². The zero-order valence-corrected chi connectivity index (χ0v) is 12.6. The summed E-state index contributed by atoms with van der Waals surface area (Å²) >= 11 is 0. The summed E-state index contributed by atoms with van der Waals surface area (Å²) in [4.78, 5) is 14.3. The van der Waals surface area contributed by atoms with Crippen LogP contribution in [0.3, 0.4) is 0 Å². The molecule has 0 saturated carbocycles. The molecule has 1 aliphatic heterocycles. The zero-order valence-electron chi connectivity index (χ0n) is 11.8. The van der Waals surface area contributed by atoms with E-state index in [2.05, 4.69) is 11.6 Å². The average Bonchev–Trinajstić information content (AvgIpc) is 2.46. The summed E-state index contributed by atoms with van der Waals surface area (Å²) in [6.07, 6.45) is 2.14. The van der Waals surface area contributed by atoms with Crippen molar-refractivity contribution >= 4 is 15.9 Å². The van der Waals surface area contributed by atoms with Gasteiger partial charge in [0.05, 0.1) is 4.90 Å². The summed E-state index contributed by atoms with van der Waals surface area (Å²) in [7, 11) is -2.16. The molecule has 0 aliphatic carbocycles. The monoisotopic (exact) mass is 296 g/mol. The van der Waals surface area contributed by atoms with Gasteiger partial charge in [-0.2, -0.15) is 0 Å². The fraction of sp³-hybridized carbons (Fsp3) is 0.500. The first kappa shape index (κ1) is 15.0. The van der Waals surface area contributed by atoms with Crippen molar-refractivity contribution in [3.8, 4) is 0 Å². The number of piperidine rings is 1. The highest BCUT2D eigenvalue weighted by Gasteiger charge is 2.23. The molecule has 110 valence electrons. The van der Waals surface area contributed by atoms with Gasteiger partial charge in [0.15, 0.2) is 0 Å². The maximum atomic E-state index is 12.4. The third-order valence-electron chi connectivity index (χ3n) is 3.60. The van der Waals surface area contributed by atoms with Crippen molar-refractivity contribution in [2.45, 2.75) is 24.7 Å². The number of nitrogens with one attached hydrogen (secondary N) is 1. The molecule has 1 unspecified atom stereocenters. The molecule has 0 aromatic heterocycles. The fourth-order valence-electron chi connectivity index (χ4n) is 2.47. The van der Waals surface area contributed by atoms with Gasteiger partial charge in [-0.1, -0.05) is 13.0 Å². The van der Waals surface area contributed by atoms with Gasteiger partial charge in [-0.15, -0.1) is 0 Å². The predicted octanol–water partition coefficient (Wildman–Crippen LogP) is 1.47. The number of rotatable bonds is 3. The van der Waals surface area contributed by atoms with Crippen LogP contribution in [-0.4, -0.2) is 39.4 Å². The Morgan fingerprint density at radius 1 is 1.40 bits per heavy atom. The molecule has 5 nitrogen and oxygen atoms in total. The van der Waals surface area contributed by atoms with Gasteiger partial charge in [0.25, 0.3) is 5.91 Å². The minimum absolute atomic E-state index is 0.0929. The number of likely N-dealkylation sites (tertiary alicyclic amines) is 1. The molecule has 1 amide bonds. The molecule has 20 heavy (non-hydrogen) atoms. The van der Waals surface area contributed by atoms with Crippen LogP contribution in [0.5, 0.6) is 0 Å². The van der Waals surface area contributed by atoms with Crippen molar-refractivity contribution in [2.75, 3.05) is 20.1 Å². The Hall–Kier alpha value is -1.40. The molecular weight excluding hydrogens is 276 g/mol. The van der Waals surface area contributed by atoms with Gasteiger partial charge in [0, 0.05) is 18.7 Å². The van der Waals surface area contributed by atoms with E-state index in [9.17, 15) is 13.2 Å². The second-order valence-corrected chi connectivity index (χ2v) is 7.12. The predicted molar refractivity (Wildman–Crippen MR) is 77.0 cm³/mol. The van der Waals surface area contributed by atoms with Crippen molar-refractivity contribution in [1.82, 2.24) is 9.62 Å². The summed E-state index contributed by atoms with van der Waals surface area (Å²) in [5.74, 6) is 0.404. The Kier molecular flexibility index (Phi) is 4.45. The first-order valence-corrected chi connectivity index (χ1v) is 8.25. The van der Waals surface area contributed by atoms with E-state index < -0.39 is 10.0 Å². The normalized spacial score (nSPS) is 19.9. The highest BCUT2D eigenvalue weighted by Crippen LogP contribution is 2.19. The first-order valence-electron chi connectivity index (χ1n) is 6.77. The number of amides is 1. The van der Waals surface area contributed by atoms with E-state index >= 15 is 0 Å². The lowest BCUT2D eigenvalue weighted by Crippen LogP contribution is -2.39. The maximum absolute atomic E-state index is 12.4.